The summed E-state index contributed by atoms with van der Waals surface area (Å²) in [5.41, 5.74) is 1.17. The van der Waals surface area contributed by atoms with Crippen LogP contribution in [0.2, 0.25) is 0 Å². The van der Waals surface area contributed by atoms with E-state index in [1.165, 1.54) is 0 Å². The van der Waals surface area contributed by atoms with Crippen molar-refractivity contribution >= 4 is 10.8 Å². The van der Waals surface area contributed by atoms with Crippen LogP contribution in [0.5, 0.6) is 11.5 Å². The Morgan fingerprint density at radius 3 is 2.36 bits per heavy atom. The molecule has 1 aromatic heterocycles. The lowest BCUT2D eigenvalue weighted by Crippen LogP contribution is -2.36. The Hall–Kier alpha value is -2.82. The summed E-state index contributed by atoms with van der Waals surface area (Å²) in [6, 6.07) is 13.4. The number of rotatable bonds is 1. The second-order valence-corrected chi connectivity index (χ2v) is 7.14. The van der Waals surface area contributed by atoms with Crippen LogP contribution in [0, 0.1) is 0 Å². The summed E-state index contributed by atoms with van der Waals surface area (Å²) in [7, 11) is 0. The zero-order valence-electron chi connectivity index (χ0n) is 14.6. The van der Waals surface area contributed by atoms with Crippen LogP contribution < -0.4 is 15.0 Å². The first-order valence-corrected chi connectivity index (χ1v) is 8.38. The minimum Gasteiger partial charge on any atom is -0.486 e. The molecular formula is C20H20N2O3. The van der Waals surface area contributed by atoms with Gasteiger partial charge in [-0.2, -0.15) is 5.10 Å². The van der Waals surface area contributed by atoms with E-state index >= 15 is 0 Å². The molecule has 0 saturated heterocycles. The first kappa shape index (κ1) is 15.7. The molecule has 0 N–H and O–H groups in total. The highest BCUT2D eigenvalue weighted by molar-refractivity contribution is 5.94. The van der Waals surface area contributed by atoms with Gasteiger partial charge in [0, 0.05) is 10.9 Å². The van der Waals surface area contributed by atoms with E-state index in [1.54, 1.807) is 4.68 Å². The first-order chi connectivity index (χ1) is 11.9. The molecule has 0 atom stereocenters. The molecule has 128 valence electrons. The third kappa shape index (κ3) is 2.65. The molecule has 0 bridgehead atoms. The van der Waals surface area contributed by atoms with E-state index < -0.39 is 5.54 Å². The Kier molecular flexibility index (Phi) is 3.53. The normalized spacial score (nSPS) is 13.9. The predicted molar refractivity (Wildman–Crippen MR) is 97.4 cm³/mol. The Bertz CT molecular complexity index is 1020. The second kappa shape index (κ2) is 5.62. The molecule has 4 rings (SSSR count). The summed E-state index contributed by atoms with van der Waals surface area (Å²) in [5.74, 6) is 1.45. The van der Waals surface area contributed by atoms with Gasteiger partial charge in [-0.1, -0.05) is 18.2 Å². The van der Waals surface area contributed by atoms with Crippen molar-refractivity contribution in [2.24, 2.45) is 0 Å². The lowest BCUT2D eigenvalue weighted by molar-refractivity contribution is 0.171. The molecule has 0 amide bonds. The van der Waals surface area contributed by atoms with Crippen molar-refractivity contribution in [3.05, 3.63) is 52.8 Å². The smallest absolute Gasteiger partial charge is 0.275 e. The Labute approximate surface area is 145 Å². The van der Waals surface area contributed by atoms with Crippen molar-refractivity contribution in [1.29, 1.82) is 0 Å². The monoisotopic (exact) mass is 336 g/mol. The summed E-state index contributed by atoms with van der Waals surface area (Å²) >= 11 is 0. The lowest BCUT2D eigenvalue weighted by Gasteiger charge is -2.23. The van der Waals surface area contributed by atoms with Crippen LogP contribution >= 0.6 is 0 Å². The van der Waals surface area contributed by atoms with Gasteiger partial charge in [-0.25, -0.2) is 4.68 Å². The SMILES string of the molecule is CC(C)(C)n1nc(-c2ccc3c(c2)OCCO3)c2ccccc2c1=O. The van der Waals surface area contributed by atoms with Crippen molar-refractivity contribution in [1.82, 2.24) is 9.78 Å². The second-order valence-electron chi connectivity index (χ2n) is 7.14. The van der Waals surface area contributed by atoms with E-state index in [0.717, 1.165) is 22.4 Å². The van der Waals surface area contributed by atoms with E-state index in [9.17, 15) is 4.79 Å². The van der Waals surface area contributed by atoms with Gasteiger partial charge in [0.15, 0.2) is 11.5 Å². The molecule has 0 saturated carbocycles. The summed E-state index contributed by atoms with van der Waals surface area (Å²) in [5, 5.41) is 6.20. The van der Waals surface area contributed by atoms with Crippen LogP contribution in [0.1, 0.15) is 20.8 Å². The van der Waals surface area contributed by atoms with Gasteiger partial charge in [0.25, 0.3) is 5.56 Å². The fourth-order valence-electron chi connectivity index (χ4n) is 3.05. The van der Waals surface area contributed by atoms with Crippen molar-refractivity contribution in [2.45, 2.75) is 26.3 Å². The molecule has 5 nitrogen and oxygen atoms in total. The van der Waals surface area contributed by atoms with Crippen LogP contribution in [0.3, 0.4) is 0 Å². The number of hydrogen-bond donors (Lipinski definition) is 0. The molecule has 5 heteroatoms. The van der Waals surface area contributed by atoms with Crippen LogP contribution in [-0.4, -0.2) is 23.0 Å². The molecule has 1 aliphatic rings. The zero-order valence-corrected chi connectivity index (χ0v) is 14.6. The fourth-order valence-corrected chi connectivity index (χ4v) is 3.05. The van der Waals surface area contributed by atoms with Gasteiger partial charge in [0.2, 0.25) is 0 Å². The maximum atomic E-state index is 12.8. The van der Waals surface area contributed by atoms with Gasteiger partial charge in [0.05, 0.1) is 16.6 Å². The number of benzene rings is 2. The maximum absolute atomic E-state index is 12.8. The van der Waals surface area contributed by atoms with Gasteiger partial charge in [-0.05, 0) is 45.0 Å². The molecule has 1 aliphatic heterocycles. The average molecular weight is 336 g/mol. The zero-order chi connectivity index (χ0) is 17.6. The highest BCUT2D eigenvalue weighted by Crippen LogP contribution is 2.35. The molecule has 2 aromatic carbocycles. The van der Waals surface area contributed by atoms with Crippen LogP contribution in [0.25, 0.3) is 22.0 Å². The molecule has 0 fully saturated rings. The lowest BCUT2D eigenvalue weighted by atomic mass is 10.0. The number of nitrogens with zero attached hydrogens (tertiary/aromatic N) is 2. The molecule has 3 aromatic rings. The first-order valence-electron chi connectivity index (χ1n) is 8.38. The van der Waals surface area contributed by atoms with Gasteiger partial charge in [-0.3, -0.25) is 4.79 Å². The average Bonchev–Trinajstić information content (AvgIpc) is 2.61. The van der Waals surface area contributed by atoms with Crippen molar-refractivity contribution in [3.8, 4) is 22.8 Å². The third-order valence-electron chi connectivity index (χ3n) is 4.26. The number of hydrogen-bond acceptors (Lipinski definition) is 4. The Morgan fingerprint density at radius 2 is 1.64 bits per heavy atom. The van der Waals surface area contributed by atoms with E-state index in [4.69, 9.17) is 14.6 Å². The quantitative estimate of drug-likeness (QED) is 0.681. The number of fused-ring (bicyclic) bond motifs is 2. The Morgan fingerprint density at radius 1 is 0.960 bits per heavy atom. The fraction of sp³-hybridized carbons (Fsp3) is 0.300. The minimum absolute atomic E-state index is 0.0793. The van der Waals surface area contributed by atoms with Gasteiger partial charge < -0.3 is 9.47 Å². The van der Waals surface area contributed by atoms with E-state index in [0.29, 0.717) is 24.3 Å². The maximum Gasteiger partial charge on any atom is 0.275 e. The van der Waals surface area contributed by atoms with E-state index in [-0.39, 0.29) is 5.56 Å². The Balaban J connectivity index is 2.01. The summed E-state index contributed by atoms with van der Waals surface area (Å²) in [6.45, 7) is 7.02. The largest absolute Gasteiger partial charge is 0.486 e. The van der Waals surface area contributed by atoms with Crippen molar-refractivity contribution in [2.75, 3.05) is 13.2 Å². The van der Waals surface area contributed by atoms with Crippen LogP contribution in [0.4, 0.5) is 0 Å². The van der Waals surface area contributed by atoms with Crippen molar-refractivity contribution in [3.63, 3.8) is 0 Å². The highest BCUT2D eigenvalue weighted by Gasteiger charge is 2.21. The van der Waals surface area contributed by atoms with Crippen LogP contribution in [-0.2, 0) is 5.54 Å². The minimum atomic E-state index is -0.413. The molecule has 25 heavy (non-hydrogen) atoms. The summed E-state index contributed by atoms with van der Waals surface area (Å²) in [4.78, 5) is 12.8. The molecule has 0 unspecified atom stereocenters. The molecule has 0 radical (unpaired) electrons. The molecule has 0 spiro atoms. The number of ether oxygens (including phenoxy) is 2. The molecule has 2 heterocycles. The van der Waals surface area contributed by atoms with E-state index in [1.807, 2.05) is 63.2 Å². The predicted octanol–water partition coefficient (Wildman–Crippen LogP) is 3.59. The van der Waals surface area contributed by atoms with Gasteiger partial charge in [-0.15, -0.1) is 0 Å². The highest BCUT2D eigenvalue weighted by atomic mass is 16.6. The molecular weight excluding hydrogens is 316 g/mol. The van der Waals surface area contributed by atoms with Crippen LogP contribution in [0.15, 0.2) is 47.3 Å². The van der Waals surface area contributed by atoms with Crippen molar-refractivity contribution < 1.29 is 9.47 Å². The topological polar surface area (TPSA) is 53.4 Å². The summed E-state index contributed by atoms with van der Waals surface area (Å²) in [6.07, 6.45) is 0. The van der Waals surface area contributed by atoms with E-state index in [2.05, 4.69) is 0 Å². The van der Waals surface area contributed by atoms with Gasteiger partial charge >= 0.3 is 0 Å². The summed E-state index contributed by atoms with van der Waals surface area (Å²) < 4.78 is 12.9. The van der Waals surface area contributed by atoms with Gasteiger partial charge in [0.1, 0.15) is 13.2 Å². The number of aromatic nitrogens is 2. The third-order valence-corrected chi connectivity index (χ3v) is 4.26. The molecule has 0 aliphatic carbocycles. The standard InChI is InChI=1S/C20H20N2O3/c1-20(2,3)22-19(23)15-7-5-4-6-14(15)18(21-22)13-8-9-16-17(12-13)25-11-10-24-16/h4-9,12H,10-11H2,1-3H3.